The van der Waals surface area contributed by atoms with Crippen molar-refractivity contribution in [3.05, 3.63) is 171 Å². The molecule has 3 heteroatoms. The summed E-state index contributed by atoms with van der Waals surface area (Å²) in [6.07, 6.45) is 26.5. The molecule has 2 nitrogen and oxygen atoms in total. The maximum absolute atomic E-state index is 12.5. The number of aryl methyl sites for hydroxylation is 4. The summed E-state index contributed by atoms with van der Waals surface area (Å²) >= 11 is 0. The molecule has 1 heterocycles. The minimum absolute atomic E-state index is 0. The molecule has 0 fully saturated rings. The van der Waals surface area contributed by atoms with E-state index in [0.717, 1.165) is 75.6 Å². The van der Waals surface area contributed by atoms with Crippen LogP contribution in [-0.2, 0) is 71.8 Å². The monoisotopic (exact) mass is 955 g/mol. The molecule has 0 spiro atoms. The minimum Gasteiger partial charge on any atom is -0.493 e. The van der Waals surface area contributed by atoms with Crippen molar-refractivity contribution < 1.29 is 25.1 Å². The van der Waals surface area contributed by atoms with Gasteiger partial charge in [-0.3, -0.25) is 0 Å². The fourth-order valence-electron chi connectivity index (χ4n) is 9.19. The van der Waals surface area contributed by atoms with Crippen LogP contribution in [0.4, 0.5) is 0 Å². The fraction of sp³-hybridized carbons (Fsp3) is 0.508. The topological polar surface area (TPSA) is 25.3 Å². The molecule has 4 aromatic carbocycles. The zero-order chi connectivity index (χ0) is 45.8. The third kappa shape index (κ3) is 17.4. The summed E-state index contributed by atoms with van der Waals surface area (Å²) in [6.45, 7) is 25.9. The van der Waals surface area contributed by atoms with Crippen molar-refractivity contribution in [1.29, 1.82) is 0 Å². The van der Waals surface area contributed by atoms with Gasteiger partial charge in [0.15, 0.2) is 0 Å². The van der Waals surface area contributed by atoms with Gasteiger partial charge in [0.1, 0.15) is 0 Å². The SMILES string of the molecule is CCCCCCCCC1=C(c2cc(CC)c(CCCC)c(CC)c2)[N+](=[N-])C(c2cc(CC)c(CCCC)c(CC)c2)=C1CCCCC.[CH2-]Cc1ccccc1.[CH2-]Cc1ccccc1.[Pd+2]. The van der Waals surface area contributed by atoms with Gasteiger partial charge in [0.2, 0.25) is 11.4 Å². The van der Waals surface area contributed by atoms with Gasteiger partial charge in [0.25, 0.3) is 0 Å². The smallest absolute Gasteiger partial charge is 0.493 e. The van der Waals surface area contributed by atoms with Crippen molar-refractivity contribution in [3.63, 3.8) is 0 Å². The Bertz CT molecular complexity index is 1880. The first kappa shape index (κ1) is 56.8. The molecule has 0 radical (unpaired) electrons. The second-order valence-electron chi connectivity index (χ2n) is 17.6. The average molecular weight is 956 g/mol. The number of hydrogen-bond donors (Lipinski definition) is 0. The standard InChI is InChI=1S/C45H70N2.2C8H9.Pd/c1-9-17-21-22-23-25-29-43-42(28-24-18-10-2)44(38-30-34(13-5)40(26-19-11-3)35(14-6)31-38)47(46)45(43)39-32-36(15-7)41(27-20-12-4)37(16-8)33-39;2*1-2-8-6-4-3-5-7-8;/h30-33H,9-29H2,1-8H3;2*3-7H,1-2H2;/q;2*-1;+2. The van der Waals surface area contributed by atoms with Gasteiger partial charge in [-0.15, -0.1) is 0 Å². The van der Waals surface area contributed by atoms with E-state index in [4.69, 9.17) is 0 Å². The summed E-state index contributed by atoms with van der Waals surface area (Å²) in [5, 5.41) is 0. The quantitative estimate of drug-likeness (QED) is 0.0274. The Morgan fingerprint density at radius 3 is 1.03 bits per heavy atom. The summed E-state index contributed by atoms with van der Waals surface area (Å²) in [4.78, 5) is 0. The Labute approximate surface area is 408 Å². The molecule has 1 aliphatic rings. The minimum atomic E-state index is 0. The Hall–Kier alpha value is -3.38. The molecule has 5 rings (SSSR count). The number of hydrogen-bond acceptors (Lipinski definition) is 0. The van der Waals surface area contributed by atoms with Gasteiger partial charge in [-0.25, -0.2) is 4.70 Å². The van der Waals surface area contributed by atoms with Crippen molar-refractivity contribution in [2.24, 2.45) is 0 Å². The second-order valence-corrected chi connectivity index (χ2v) is 17.6. The largest absolute Gasteiger partial charge is 2.00 e. The molecule has 0 aromatic heterocycles. The average Bonchev–Trinajstić information content (AvgIpc) is 3.61. The van der Waals surface area contributed by atoms with E-state index in [1.54, 1.807) is 15.8 Å². The predicted octanol–water partition coefficient (Wildman–Crippen LogP) is 18.2. The van der Waals surface area contributed by atoms with E-state index in [1.807, 2.05) is 36.4 Å². The van der Waals surface area contributed by atoms with E-state index >= 15 is 0 Å². The Kier molecular flexibility index (Phi) is 29.4. The number of allylic oxidation sites excluding steroid dienone is 2. The van der Waals surface area contributed by atoms with Crippen molar-refractivity contribution >= 4 is 11.4 Å². The predicted molar refractivity (Wildman–Crippen MR) is 278 cm³/mol. The van der Waals surface area contributed by atoms with E-state index in [9.17, 15) is 5.53 Å². The molecule has 64 heavy (non-hydrogen) atoms. The molecule has 1 aliphatic heterocycles. The molecule has 0 aliphatic carbocycles. The molecule has 352 valence electrons. The summed E-state index contributed by atoms with van der Waals surface area (Å²) in [5.74, 6) is 0. The maximum Gasteiger partial charge on any atom is 2.00 e. The molecule has 0 bridgehead atoms. The van der Waals surface area contributed by atoms with E-state index in [2.05, 4.69) is 118 Å². The number of unbranched alkanes of at least 4 members (excludes halogenated alkanes) is 9. The van der Waals surface area contributed by atoms with Gasteiger partial charge in [-0.2, -0.15) is 12.8 Å². The van der Waals surface area contributed by atoms with Gasteiger partial charge in [-0.05, 0) is 135 Å². The normalized spacial score (nSPS) is 12.2. The van der Waals surface area contributed by atoms with Crippen LogP contribution >= 0.6 is 0 Å². The number of rotatable bonds is 25. The Morgan fingerprint density at radius 1 is 0.406 bits per heavy atom. The second kappa shape index (κ2) is 33.1. The summed E-state index contributed by atoms with van der Waals surface area (Å²) in [7, 11) is 0. The van der Waals surface area contributed by atoms with Gasteiger partial charge in [0.05, 0.1) is 0 Å². The number of nitrogens with zero attached hydrogens (tertiary/aromatic N) is 2. The van der Waals surface area contributed by atoms with Crippen LogP contribution in [0.3, 0.4) is 0 Å². The Balaban J connectivity index is 0.000000686. The van der Waals surface area contributed by atoms with Crippen LogP contribution in [0.5, 0.6) is 0 Å². The molecule has 0 N–H and O–H groups in total. The molecular formula is C61H88N2Pd. The molecule has 0 amide bonds. The third-order valence-electron chi connectivity index (χ3n) is 12.9. The first-order chi connectivity index (χ1) is 30.8. The molecule has 0 saturated heterocycles. The van der Waals surface area contributed by atoms with Gasteiger partial charge >= 0.3 is 20.4 Å². The van der Waals surface area contributed by atoms with Crippen LogP contribution in [0.2, 0.25) is 0 Å². The van der Waals surface area contributed by atoms with Crippen LogP contribution in [0, 0.1) is 13.8 Å². The van der Waals surface area contributed by atoms with Crippen molar-refractivity contribution in [2.75, 3.05) is 0 Å². The van der Waals surface area contributed by atoms with E-state index < -0.39 is 0 Å². The summed E-state index contributed by atoms with van der Waals surface area (Å²) in [6, 6.07) is 30.2. The van der Waals surface area contributed by atoms with Crippen LogP contribution in [0.1, 0.15) is 207 Å². The van der Waals surface area contributed by atoms with Crippen LogP contribution < -0.4 is 0 Å². The van der Waals surface area contributed by atoms with Gasteiger partial charge < -0.3 is 19.4 Å². The van der Waals surface area contributed by atoms with Crippen LogP contribution in [0.15, 0.2) is 96.1 Å². The van der Waals surface area contributed by atoms with Gasteiger partial charge in [-0.1, -0.05) is 185 Å². The molecule has 4 aromatic rings. The first-order valence-corrected chi connectivity index (χ1v) is 25.7. The zero-order valence-corrected chi connectivity index (χ0v) is 43.5. The van der Waals surface area contributed by atoms with Crippen LogP contribution in [0.25, 0.3) is 16.9 Å². The van der Waals surface area contributed by atoms with Crippen molar-refractivity contribution in [1.82, 2.24) is 0 Å². The zero-order valence-electron chi connectivity index (χ0n) is 42.0. The van der Waals surface area contributed by atoms with Crippen molar-refractivity contribution in [3.8, 4) is 0 Å². The van der Waals surface area contributed by atoms with E-state index in [0.29, 0.717) is 0 Å². The third-order valence-corrected chi connectivity index (χ3v) is 12.9. The fourth-order valence-corrected chi connectivity index (χ4v) is 9.19. The van der Waals surface area contributed by atoms with Gasteiger partial charge in [0, 0.05) is 22.3 Å². The molecular weight excluding hydrogens is 867 g/mol. The molecule has 0 saturated carbocycles. The van der Waals surface area contributed by atoms with E-state index in [1.165, 1.54) is 139 Å². The molecule has 0 unspecified atom stereocenters. The molecule has 0 atom stereocenters. The van der Waals surface area contributed by atoms with E-state index in [-0.39, 0.29) is 20.4 Å². The Morgan fingerprint density at radius 2 is 0.719 bits per heavy atom. The van der Waals surface area contributed by atoms with Crippen molar-refractivity contribution in [2.45, 2.75) is 203 Å². The summed E-state index contributed by atoms with van der Waals surface area (Å²) < 4.78 is 1.66. The summed E-state index contributed by atoms with van der Waals surface area (Å²) in [5.41, 5.74) is 31.5. The first-order valence-electron chi connectivity index (χ1n) is 25.7. The number of benzene rings is 4. The van der Waals surface area contributed by atoms with Crippen LogP contribution in [-0.4, -0.2) is 4.70 Å². The maximum atomic E-state index is 12.5.